The van der Waals surface area contributed by atoms with Crippen molar-refractivity contribution < 1.29 is 66.9 Å². The number of nitrogens with zero attached hydrogens (tertiary/aromatic N) is 3. The van der Waals surface area contributed by atoms with E-state index in [0.29, 0.717) is 31.4 Å². The zero-order chi connectivity index (χ0) is 55.4. The molecule has 18 heteroatoms. The van der Waals surface area contributed by atoms with Gasteiger partial charge < -0.3 is 52.6 Å². The number of hydrogen-bond acceptors (Lipinski definition) is 17. The number of carbonyl (C=O) groups excluding carboxylic acids is 4. The van der Waals surface area contributed by atoms with Crippen molar-refractivity contribution in [3.8, 4) is 0 Å². The van der Waals surface area contributed by atoms with Gasteiger partial charge in [-0.05, 0) is 118 Å². The van der Waals surface area contributed by atoms with Gasteiger partial charge in [0, 0.05) is 62.6 Å². The molecule has 420 valence electrons. The minimum absolute atomic E-state index is 0.0732. The molecule has 5 heterocycles. The minimum Gasteiger partial charge on any atom is -0.458 e. The summed E-state index contributed by atoms with van der Waals surface area (Å²) in [5.74, 6) is -4.76. The SMILES string of the molecule is CC[C@H]1OC(=O)[C@H](C)C(OC2CC(C)(OC)C(OC(=O)c3ccccc3)C(C)O2)[C@H](C)[C@@H](OC2OC(C)CC(N(C)C)C2O)[C@](C)(OC)C[C@@H](C)C(=O)[C@H](C)[C@H]2N(NCCCc3ccnc4ccccc34)C(=O)O[C@]12C. The number of esters is 2. The summed E-state index contributed by atoms with van der Waals surface area (Å²) in [6.07, 6.45) is -4.94. The lowest BCUT2D eigenvalue weighted by atomic mass is 9.73. The van der Waals surface area contributed by atoms with Gasteiger partial charge in [-0.25, -0.2) is 20.0 Å². The second-order valence-electron chi connectivity index (χ2n) is 22.6. The highest BCUT2D eigenvalue weighted by Gasteiger charge is 2.61. The molecule has 18 nitrogen and oxygen atoms in total. The van der Waals surface area contributed by atoms with Gasteiger partial charge >= 0.3 is 18.0 Å². The number of likely N-dealkylation sites (N-methyl/N-ethyl adjacent to an activating group) is 1. The molecule has 3 aromatic rings. The van der Waals surface area contributed by atoms with Crippen LogP contribution in [0.15, 0.2) is 66.9 Å². The van der Waals surface area contributed by atoms with Crippen LogP contribution in [0.2, 0.25) is 0 Å². The first kappa shape index (κ1) is 59.0. The van der Waals surface area contributed by atoms with Gasteiger partial charge in [-0.2, -0.15) is 0 Å². The lowest BCUT2D eigenvalue weighted by Crippen LogP contribution is -2.62. The summed E-state index contributed by atoms with van der Waals surface area (Å²) in [6.45, 7) is 18.5. The Hall–Kier alpha value is -4.63. The van der Waals surface area contributed by atoms with Crippen LogP contribution in [0.1, 0.15) is 117 Å². The Morgan fingerprint density at radius 3 is 2.21 bits per heavy atom. The fraction of sp³-hybridized carbons (Fsp3) is 0.672. The molecule has 76 heavy (non-hydrogen) atoms. The molecular weight excluding hydrogens is 977 g/mol. The number of para-hydroxylation sites is 1. The van der Waals surface area contributed by atoms with Crippen LogP contribution in [0.25, 0.3) is 10.9 Å². The number of benzene rings is 2. The van der Waals surface area contributed by atoms with Crippen LogP contribution >= 0.6 is 0 Å². The number of fused-ring (bicyclic) bond motifs is 2. The number of aromatic nitrogens is 1. The highest BCUT2D eigenvalue weighted by molar-refractivity contribution is 5.89. The van der Waals surface area contributed by atoms with Gasteiger partial charge in [-0.15, -0.1) is 0 Å². The molecule has 4 fully saturated rings. The molecule has 0 bridgehead atoms. The molecule has 1 amide bonds. The maximum absolute atomic E-state index is 15.2. The molecule has 7 rings (SSSR count). The van der Waals surface area contributed by atoms with Crippen LogP contribution in [0.3, 0.4) is 0 Å². The molecule has 4 aliphatic rings. The van der Waals surface area contributed by atoms with Crippen LogP contribution in [-0.4, -0.2) is 163 Å². The molecule has 0 saturated carbocycles. The minimum atomic E-state index is -1.50. The van der Waals surface area contributed by atoms with E-state index in [1.165, 1.54) is 12.1 Å². The van der Waals surface area contributed by atoms with Gasteiger partial charge in [0.25, 0.3) is 0 Å². The maximum Gasteiger partial charge on any atom is 0.425 e. The molecule has 9 unspecified atom stereocenters. The number of hydrogen-bond donors (Lipinski definition) is 2. The number of hydrazine groups is 1. The highest BCUT2D eigenvalue weighted by atomic mass is 16.7. The summed E-state index contributed by atoms with van der Waals surface area (Å²) in [7, 11) is 6.86. The highest BCUT2D eigenvalue weighted by Crippen LogP contribution is 2.45. The largest absolute Gasteiger partial charge is 0.458 e. The molecule has 2 aromatic carbocycles. The fourth-order valence-electron chi connectivity index (χ4n) is 12.5. The van der Waals surface area contributed by atoms with Crippen LogP contribution in [0, 0.1) is 23.7 Å². The van der Waals surface area contributed by atoms with E-state index in [9.17, 15) is 14.7 Å². The van der Waals surface area contributed by atoms with Crippen LogP contribution in [-0.2, 0) is 58.6 Å². The fourth-order valence-corrected chi connectivity index (χ4v) is 12.5. The topological polar surface area (TPSA) is 203 Å². The lowest BCUT2D eigenvalue weighted by Gasteiger charge is -2.50. The second-order valence-corrected chi connectivity index (χ2v) is 22.6. The molecule has 1 aromatic heterocycles. The van der Waals surface area contributed by atoms with E-state index in [1.54, 1.807) is 65.3 Å². The average Bonchev–Trinajstić information content (AvgIpc) is 3.66. The number of aliphatic hydroxyl groups excluding tert-OH is 1. The molecule has 0 radical (unpaired) electrons. The van der Waals surface area contributed by atoms with Gasteiger partial charge in [-0.1, -0.05) is 64.1 Å². The van der Waals surface area contributed by atoms with Crippen molar-refractivity contribution >= 4 is 34.7 Å². The number of methoxy groups -OCH3 is 2. The Morgan fingerprint density at radius 1 is 0.868 bits per heavy atom. The first-order chi connectivity index (χ1) is 36.0. The number of amides is 1. The average molecular weight is 1060 g/mol. The second kappa shape index (κ2) is 24.6. The van der Waals surface area contributed by atoms with E-state index in [2.05, 4.69) is 10.4 Å². The molecule has 0 spiro atoms. The van der Waals surface area contributed by atoms with Crippen molar-refractivity contribution in [2.45, 2.75) is 192 Å². The van der Waals surface area contributed by atoms with Crippen molar-refractivity contribution in [3.63, 3.8) is 0 Å². The van der Waals surface area contributed by atoms with Gasteiger partial charge in [-0.3, -0.25) is 14.6 Å². The van der Waals surface area contributed by atoms with Crippen molar-refractivity contribution in [3.05, 3.63) is 78.0 Å². The third-order valence-corrected chi connectivity index (χ3v) is 16.9. The van der Waals surface area contributed by atoms with Crippen molar-refractivity contribution in [1.82, 2.24) is 20.3 Å². The standard InChI is InChI=1S/C58H84N4O14/c1-15-44-58(10)49(62(55(67)76-58)60-28-21-24-39-27-29-59-42-26-20-19-25-41(39)42)35(4)46(63)33(2)31-56(8,68-13)50(75-54-47(64)43(61(11)12)30-34(3)70-54)36(5)48(37(6)52(65)72-44)73-45-32-57(9,69-14)51(38(7)71-45)74-53(66)40-22-17-16-18-23-40/h16-20,22-23,25-27,29,33-38,43-45,47-51,54,60,64H,15,21,24,28,30-32H2,1-14H3/t33-,34?,35+,36+,37-,38?,43?,44-,45?,47?,48?,49-,50-,51?,54?,56-,57?,58-/m1/s1. The Bertz CT molecular complexity index is 2460. The third-order valence-electron chi connectivity index (χ3n) is 16.9. The maximum atomic E-state index is 15.2. The summed E-state index contributed by atoms with van der Waals surface area (Å²) in [5, 5.41) is 14.4. The van der Waals surface area contributed by atoms with E-state index in [4.69, 9.17) is 42.6 Å². The molecule has 4 saturated heterocycles. The number of aliphatic hydroxyl groups is 1. The lowest BCUT2D eigenvalue weighted by molar-refractivity contribution is -0.319. The summed E-state index contributed by atoms with van der Waals surface area (Å²) in [4.78, 5) is 64.6. The molecule has 0 aliphatic carbocycles. The third kappa shape index (κ3) is 12.3. The Morgan fingerprint density at radius 2 is 1.54 bits per heavy atom. The van der Waals surface area contributed by atoms with Crippen LogP contribution in [0.4, 0.5) is 4.79 Å². The first-order valence-corrected chi connectivity index (χ1v) is 27.2. The zero-order valence-corrected chi connectivity index (χ0v) is 47.1. The van der Waals surface area contributed by atoms with E-state index >= 15 is 9.59 Å². The van der Waals surface area contributed by atoms with E-state index in [-0.39, 0.29) is 37.2 Å². The number of ether oxygens (including phenoxy) is 9. The normalized spacial score (nSPS) is 37.8. The van der Waals surface area contributed by atoms with Gasteiger partial charge in [0.2, 0.25) is 0 Å². The summed E-state index contributed by atoms with van der Waals surface area (Å²) in [6, 6.07) is 17.4. The first-order valence-electron chi connectivity index (χ1n) is 27.2. The van der Waals surface area contributed by atoms with E-state index < -0.39 is 114 Å². The quantitative estimate of drug-likeness (QED) is 0.0862. The predicted octanol–water partition coefficient (Wildman–Crippen LogP) is 7.46. The zero-order valence-electron chi connectivity index (χ0n) is 47.1. The number of Topliss-reactive ketones (excluding diaryl/α,β-unsaturated/α-hetero) is 1. The molecule has 4 aliphatic heterocycles. The summed E-state index contributed by atoms with van der Waals surface area (Å²) < 4.78 is 58.8. The summed E-state index contributed by atoms with van der Waals surface area (Å²) >= 11 is 0. The molecule has 18 atom stereocenters. The van der Waals surface area contributed by atoms with Crippen LogP contribution < -0.4 is 5.43 Å². The monoisotopic (exact) mass is 1060 g/mol. The number of carbonyl (C=O) groups is 4. The number of cyclic esters (lactones) is 1. The smallest absolute Gasteiger partial charge is 0.425 e. The number of nitrogens with one attached hydrogen (secondary N) is 1. The number of rotatable bonds is 15. The van der Waals surface area contributed by atoms with Crippen molar-refractivity contribution in [2.75, 3.05) is 34.9 Å². The molecule has 2 N–H and O–H groups in total. The van der Waals surface area contributed by atoms with E-state index in [0.717, 1.165) is 16.5 Å². The van der Waals surface area contributed by atoms with Crippen molar-refractivity contribution in [1.29, 1.82) is 0 Å². The van der Waals surface area contributed by atoms with Crippen LogP contribution in [0.5, 0.6) is 0 Å². The van der Waals surface area contributed by atoms with E-state index in [1.807, 2.05) is 96.9 Å². The van der Waals surface area contributed by atoms with Gasteiger partial charge in [0.05, 0.1) is 47.0 Å². The van der Waals surface area contributed by atoms with Gasteiger partial charge in [0.1, 0.15) is 29.6 Å². The number of aryl methyl sites for hydroxylation is 1. The Balaban J connectivity index is 1.25. The van der Waals surface area contributed by atoms with Crippen molar-refractivity contribution in [2.24, 2.45) is 23.7 Å². The van der Waals surface area contributed by atoms with Gasteiger partial charge in [0.15, 0.2) is 24.3 Å². The number of ketones is 1. The molecular formula is C58H84N4O14. The Labute approximate surface area is 449 Å². The summed E-state index contributed by atoms with van der Waals surface area (Å²) in [5.41, 5.74) is 1.77. The Kier molecular flexibility index (Phi) is 19.1. The number of pyridine rings is 1. The predicted molar refractivity (Wildman–Crippen MR) is 283 cm³/mol.